The smallest absolute Gasteiger partial charge is 0.217 e. The minimum Gasteiger partial charge on any atom is -0.349 e. The third-order valence-electron chi connectivity index (χ3n) is 2.24. The van der Waals surface area contributed by atoms with Gasteiger partial charge in [0.2, 0.25) is 5.91 Å². The molecular formula is C10H14N2O. The highest BCUT2D eigenvalue weighted by molar-refractivity contribution is 5.73. The lowest BCUT2D eigenvalue weighted by Gasteiger charge is -2.25. The van der Waals surface area contributed by atoms with Crippen molar-refractivity contribution in [2.45, 2.75) is 26.3 Å². The SMILES string of the molecule is CC(=O)N[C@@H]1C=CC(C)C[C@@H]1C#N. The molecule has 0 saturated heterocycles. The molecule has 1 aliphatic carbocycles. The van der Waals surface area contributed by atoms with Crippen LogP contribution in [0.4, 0.5) is 0 Å². The monoisotopic (exact) mass is 178 g/mol. The average Bonchev–Trinajstić information content (AvgIpc) is 2.07. The topological polar surface area (TPSA) is 52.9 Å². The van der Waals surface area contributed by atoms with Gasteiger partial charge in [0, 0.05) is 6.92 Å². The highest BCUT2D eigenvalue weighted by Gasteiger charge is 2.24. The first-order chi connectivity index (χ1) is 6.13. The van der Waals surface area contributed by atoms with E-state index >= 15 is 0 Å². The standard InChI is InChI=1S/C10H14N2O/c1-7-3-4-10(12-8(2)13)9(5-7)6-11/h3-4,7,9-10H,5H2,1-2H3,(H,12,13)/t7?,9-,10-/m1/s1. The summed E-state index contributed by atoms with van der Waals surface area (Å²) in [7, 11) is 0. The molecule has 70 valence electrons. The summed E-state index contributed by atoms with van der Waals surface area (Å²) in [5.41, 5.74) is 0. The van der Waals surface area contributed by atoms with E-state index in [-0.39, 0.29) is 17.9 Å². The Balaban J connectivity index is 2.66. The van der Waals surface area contributed by atoms with E-state index in [4.69, 9.17) is 5.26 Å². The van der Waals surface area contributed by atoms with E-state index in [1.165, 1.54) is 6.92 Å². The minimum atomic E-state index is -0.0984. The number of hydrogen-bond donors (Lipinski definition) is 1. The van der Waals surface area contributed by atoms with Crippen molar-refractivity contribution in [3.63, 3.8) is 0 Å². The Kier molecular flexibility index (Phi) is 3.07. The Morgan fingerprint density at radius 1 is 1.62 bits per heavy atom. The molecule has 3 heteroatoms. The lowest BCUT2D eigenvalue weighted by Crippen LogP contribution is -2.39. The lowest BCUT2D eigenvalue weighted by atomic mass is 9.85. The van der Waals surface area contributed by atoms with E-state index in [0.29, 0.717) is 5.92 Å². The maximum absolute atomic E-state index is 10.8. The number of amides is 1. The van der Waals surface area contributed by atoms with Crippen LogP contribution in [0.3, 0.4) is 0 Å². The molecule has 1 aliphatic rings. The van der Waals surface area contributed by atoms with Crippen molar-refractivity contribution >= 4 is 5.91 Å². The minimum absolute atomic E-state index is 0.0792. The van der Waals surface area contributed by atoms with Crippen molar-refractivity contribution in [2.24, 2.45) is 11.8 Å². The van der Waals surface area contributed by atoms with Crippen molar-refractivity contribution in [2.75, 3.05) is 0 Å². The highest BCUT2D eigenvalue weighted by Crippen LogP contribution is 2.22. The van der Waals surface area contributed by atoms with Crippen LogP contribution < -0.4 is 5.32 Å². The second-order valence-corrected chi connectivity index (χ2v) is 3.56. The van der Waals surface area contributed by atoms with Crippen LogP contribution >= 0.6 is 0 Å². The molecular weight excluding hydrogens is 164 g/mol. The van der Waals surface area contributed by atoms with Gasteiger partial charge >= 0.3 is 0 Å². The molecule has 1 N–H and O–H groups in total. The first-order valence-electron chi connectivity index (χ1n) is 4.48. The molecule has 0 spiro atoms. The summed E-state index contributed by atoms with van der Waals surface area (Å²) in [4.78, 5) is 10.8. The fourth-order valence-electron chi connectivity index (χ4n) is 1.59. The summed E-state index contributed by atoms with van der Waals surface area (Å²) in [5.74, 6) is 0.281. The molecule has 1 rings (SSSR count). The molecule has 0 bridgehead atoms. The van der Waals surface area contributed by atoms with Gasteiger partial charge in [-0.2, -0.15) is 5.26 Å². The summed E-state index contributed by atoms with van der Waals surface area (Å²) in [6, 6.07) is 2.13. The van der Waals surface area contributed by atoms with E-state index in [2.05, 4.69) is 24.4 Å². The first kappa shape index (κ1) is 9.79. The maximum atomic E-state index is 10.8. The summed E-state index contributed by atoms with van der Waals surface area (Å²) >= 11 is 0. The van der Waals surface area contributed by atoms with Crippen LogP contribution in [-0.2, 0) is 4.79 Å². The quantitative estimate of drug-likeness (QED) is 0.614. The number of hydrogen-bond acceptors (Lipinski definition) is 2. The van der Waals surface area contributed by atoms with Crippen LogP contribution in [0.5, 0.6) is 0 Å². The molecule has 0 heterocycles. The van der Waals surface area contributed by atoms with Gasteiger partial charge in [-0.05, 0) is 12.3 Å². The molecule has 0 aliphatic heterocycles. The van der Waals surface area contributed by atoms with Gasteiger partial charge in [-0.3, -0.25) is 4.79 Å². The largest absolute Gasteiger partial charge is 0.349 e. The summed E-state index contributed by atoms with van der Waals surface area (Å²) < 4.78 is 0. The van der Waals surface area contributed by atoms with Gasteiger partial charge in [0.25, 0.3) is 0 Å². The molecule has 1 amide bonds. The third kappa shape index (κ3) is 2.59. The Morgan fingerprint density at radius 3 is 2.85 bits per heavy atom. The molecule has 13 heavy (non-hydrogen) atoms. The molecule has 3 nitrogen and oxygen atoms in total. The molecule has 0 aromatic rings. The van der Waals surface area contributed by atoms with Crippen LogP contribution in [0.25, 0.3) is 0 Å². The normalized spacial score (nSPS) is 32.2. The number of nitrogens with one attached hydrogen (secondary N) is 1. The van der Waals surface area contributed by atoms with Gasteiger partial charge in [-0.1, -0.05) is 19.1 Å². The summed E-state index contributed by atoms with van der Waals surface area (Å²) in [6.45, 7) is 3.55. The van der Waals surface area contributed by atoms with E-state index in [1.807, 2.05) is 6.08 Å². The van der Waals surface area contributed by atoms with E-state index in [9.17, 15) is 4.79 Å². The molecule has 0 radical (unpaired) electrons. The zero-order valence-electron chi connectivity index (χ0n) is 7.95. The number of rotatable bonds is 1. The van der Waals surface area contributed by atoms with Crippen molar-refractivity contribution in [1.82, 2.24) is 5.32 Å². The van der Waals surface area contributed by atoms with Gasteiger partial charge in [-0.25, -0.2) is 0 Å². The molecule has 0 aromatic carbocycles. The van der Waals surface area contributed by atoms with Crippen LogP contribution in [-0.4, -0.2) is 11.9 Å². The van der Waals surface area contributed by atoms with Gasteiger partial charge in [0.05, 0.1) is 18.0 Å². The van der Waals surface area contributed by atoms with Crippen LogP contribution in [0.2, 0.25) is 0 Å². The highest BCUT2D eigenvalue weighted by atomic mass is 16.1. The van der Waals surface area contributed by atoms with Crippen LogP contribution in [0, 0.1) is 23.2 Å². The van der Waals surface area contributed by atoms with Crippen LogP contribution in [0.1, 0.15) is 20.3 Å². The van der Waals surface area contributed by atoms with Crippen LogP contribution in [0.15, 0.2) is 12.2 Å². The number of carbonyl (C=O) groups excluding carboxylic acids is 1. The van der Waals surface area contributed by atoms with Crippen molar-refractivity contribution in [3.05, 3.63) is 12.2 Å². The van der Waals surface area contributed by atoms with Gasteiger partial charge in [-0.15, -0.1) is 0 Å². The lowest BCUT2D eigenvalue weighted by molar-refractivity contribution is -0.119. The molecule has 0 saturated carbocycles. The maximum Gasteiger partial charge on any atom is 0.217 e. The zero-order valence-corrected chi connectivity index (χ0v) is 7.95. The summed E-state index contributed by atoms with van der Waals surface area (Å²) in [6.07, 6.45) is 4.80. The number of nitrogens with zero attached hydrogens (tertiary/aromatic N) is 1. The number of nitriles is 1. The van der Waals surface area contributed by atoms with Gasteiger partial charge in [0.1, 0.15) is 0 Å². The molecule has 1 unspecified atom stereocenters. The van der Waals surface area contributed by atoms with E-state index in [0.717, 1.165) is 6.42 Å². The second kappa shape index (κ2) is 4.08. The Bertz CT molecular complexity index is 265. The van der Waals surface area contributed by atoms with Gasteiger partial charge in [0.15, 0.2) is 0 Å². The van der Waals surface area contributed by atoms with Crippen molar-refractivity contribution < 1.29 is 4.79 Å². The fourth-order valence-corrected chi connectivity index (χ4v) is 1.59. The second-order valence-electron chi connectivity index (χ2n) is 3.56. The van der Waals surface area contributed by atoms with E-state index in [1.54, 1.807) is 0 Å². The zero-order chi connectivity index (χ0) is 9.84. The number of allylic oxidation sites excluding steroid dienone is 1. The molecule has 0 fully saturated rings. The fraction of sp³-hybridized carbons (Fsp3) is 0.600. The predicted octanol–water partition coefficient (Wildman–Crippen LogP) is 1.23. The van der Waals surface area contributed by atoms with E-state index < -0.39 is 0 Å². The Morgan fingerprint density at radius 2 is 2.31 bits per heavy atom. The molecule has 3 atom stereocenters. The predicted molar refractivity (Wildman–Crippen MR) is 49.6 cm³/mol. The summed E-state index contributed by atoms with van der Waals surface area (Å²) in [5, 5.41) is 11.6. The first-order valence-corrected chi connectivity index (χ1v) is 4.48. The van der Waals surface area contributed by atoms with Gasteiger partial charge < -0.3 is 5.32 Å². The third-order valence-corrected chi connectivity index (χ3v) is 2.24. The number of carbonyl (C=O) groups is 1. The average molecular weight is 178 g/mol. The Labute approximate surface area is 78.4 Å². The van der Waals surface area contributed by atoms with Crippen molar-refractivity contribution in [1.29, 1.82) is 5.26 Å². The van der Waals surface area contributed by atoms with Crippen molar-refractivity contribution in [3.8, 4) is 6.07 Å². The molecule has 0 aromatic heterocycles. The Hall–Kier alpha value is -1.30.